The SMILES string of the molecule is CCCCCCCCCCCCCCCCCC(=O)OO[C@H]1C=C[C@@H]2[C@@H]3CCN(C)[C@@H]2Cc2ccc(OC)c(c2)O[C@H]31. The largest absolute Gasteiger partial charge is 0.493 e. The van der Waals surface area contributed by atoms with Gasteiger partial charge < -0.3 is 14.4 Å². The quantitative estimate of drug-likeness (QED) is 0.0703. The third kappa shape index (κ3) is 9.74. The molecule has 6 nitrogen and oxygen atoms in total. The molecule has 0 radical (unpaired) electrons. The third-order valence-corrected chi connectivity index (χ3v) is 9.76. The zero-order valence-electron chi connectivity index (χ0n) is 26.7. The number of likely N-dealkylation sites (tertiary alicyclic amines) is 1. The molecule has 1 saturated heterocycles. The minimum Gasteiger partial charge on any atom is -0.493 e. The summed E-state index contributed by atoms with van der Waals surface area (Å²) < 4.78 is 12.2. The van der Waals surface area contributed by atoms with Crippen molar-refractivity contribution in [2.24, 2.45) is 11.8 Å². The van der Waals surface area contributed by atoms with Gasteiger partial charge in [-0.2, -0.15) is 4.89 Å². The lowest BCUT2D eigenvalue weighted by Crippen LogP contribution is -2.55. The molecule has 1 aromatic carbocycles. The molecule has 3 aliphatic rings. The predicted octanol–water partition coefficient (Wildman–Crippen LogP) is 8.61. The van der Waals surface area contributed by atoms with E-state index in [9.17, 15) is 4.79 Å². The maximum Gasteiger partial charge on any atom is 0.342 e. The maximum absolute atomic E-state index is 12.5. The number of hydrogen-bond donors (Lipinski definition) is 0. The molecule has 4 rings (SSSR count). The second-order valence-electron chi connectivity index (χ2n) is 13.0. The van der Waals surface area contributed by atoms with Crippen molar-refractivity contribution in [1.82, 2.24) is 4.90 Å². The van der Waals surface area contributed by atoms with Crippen molar-refractivity contribution in [2.45, 2.75) is 141 Å². The van der Waals surface area contributed by atoms with Gasteiger partial charge in [0.25, 0.3) is 0 Å². The summed E-state index contributed by atoms with van der Waals surface area (Å²) >= 11 is 0. The van der Waals surface area contributed by atoms with Crippen molar-refractivity contribution in [3.8, 4) is 11.5 Å². The lowest BCUT2D eigenvalue weighted by Gasteiger charge is -2.47. The first-order valence-electron chi connectivity index (χ1n) is 17.2. The van der Waals surface area contributed by atoms with E-state index in [1.54, 1.807) is 7.11 Å². The van der Waals surface area contributed by atoms with Crippen molar-refractivity contribution >= 4 is 5.97 Å². The summed E-state index contributed by atoms with van der Waals surface area (Å²) in [5, 5.41) is 0. The standard InChI is InChI=1S/C36H57NO5/c1-4-5-6-7-8-9-10-11-12-13-14-15-16-17-18-19-35(38)42-41-33-23-21-29-30-24-25-37(2)31(29)26-28-20-22-32(39-3)34(27-28)40-36(30)33/h20-23,27,29-31,33,36H,4-19,24-26H2,1-3H3/t29-,30+,31-,33+,36-/m1/s1. The Bertz CT molecular complexity index is 964. The summed E-state index contributed by atoms with van der Waals surface area (Å²) in [6.45, 7) is 3.29. The summed E-state index contributed by atoms with van der Waals surface area (Å²) in [5.74, 6) is 1.82. The van der Waals surface area contributed by atoms with Gasteiger partial charge in [-0.3, -0.25) is 4.89 Å². The topological polar surface area (TPSA) is 57.2 Å². The van der Waals surface area contributed by atoms with Crippen LogP contribution in [0, 0.1) is 11.8 Å². The fourth-order valence-electron chi connectivity index (χ4n) is 7.19. The lowest BCUT2D eigenvalue weighted by atomic mass is 9.71. The first-order chi connectivity index (χ1) is 20.6. The smallest absolute Gasteiger partial charge is 0.342 e. The first-order valence-corrected chi connectivity index (χ1v) is 17.2. The fourth-order valence-corrected chi connectivity index (χ4v) is 7.19. The number of rotatable bonds is 19. The Kier molecular flexibility index (Phi) is 14.0. The minimum absolute atomic E-state index is 0.239. The number of nitrogens with zero attached hydrogens (tertiary/aromatic N) is 1. The van der Waals surface area contributed by atoms with Crippen LogP contribution in [-0.4, -0.2) is 49.8 Å². The second kappa shape index (κ2) is 17.9. The van der Waals surface area contributed by atoms with E-state index < -0.39 is 6.10 Å². The van der Waals surface area contributed by atoms with Crippen LogP contribution < -0.4 is 9.47 Å². The number of piperidine rings is 1. The van der Waals surface area contributed by atoms with Crippen LogP contribution in [0.15, 0.2) is 30.4 Å². The third-order valence-electron chi connectivity index (χ3n) is 9.76. The number of fused-ring (bicyclic) bond motifs is 2. The Morgan fingerprint density at radius 3 is 2.19 bits per heavy atom. The van der Waals surface area contributed by atoms with Gasteiger partial charge in [0.15, 0.2) is 17.6 Å². The van der Waals surface area contributed by atoms with Crippen LogP contribution in [0.25, 0.3) is 0 Å². The van der Waals surface area contributed by atoms with Crippen molar-refractivity contribution in [2.75, 3.05) is 20.7 Å². The molecular formula is C36H57NO5. The van der Waals surface area contributed by atoms with Gasteiger partial charge >= 0.3 is 5.97 Å². The first kappa shape index (κ1) is 32.9. The number of carbonyl (C=O) groups is 1. The van der Waals surface area contributed by atoms with Crippen molar-refractivity contribution in [3.63, 3.8) is 0 Å². The van der Waals surface area contributed by atoms with Gasteiger partial charge in [0.05, 0.1) is 7.11 Å². The Morgan fingerprint density at radius 2 is 1.55 bits per heavy atom. The molecule has 42 heavy (non-hydrogen) atoms. The number of likely N-dealkylation sites (N-methyl/N-ethyl adjacent to an activating group) is 1. The highest BCUT2D eigenvalue weighted by Crippen LogP contribution is 2.43. The van der Waals surface area contributed by atoms with Crippen LogP contribution in [0.1, 0.15) is 122 Å². The maximum atomic E-state index is 12.5. The van der Waals surface area contributed by atoms with Crippen LogP contribution in [-0.2, 0) is 21.0 Å². The Balaban J connectivity index is 1.13. The van der Waals surface area contributed by atoms with E-state index in [4.69, 9.17) is 19.2 Å². The van der Waals surface area contributed by atoms with E-state index in [0.29, 0.717) is 18.4 Å². The average Bonchev–Trinajstić information content (AvgIpc) is 3.01. The molecule has 6 heteroatoms. The van der Waals surface area contributed by atoms with E-state index in [-0.39, 0.29) is 18.0 Å². The minimum atomic E-state index is -0.438. The number of carbonyl (C=O) groups excluding carboxylic acids is 1. The molecule has 0 amide bonds. The number of benzene rings is 1. The number of hydrogen-bond acceptors (Lipinski definition) is 6. The van der Waals surface area contributed by atoms with Gasteiger partial charge in [-0.1, -0.05) is 115 Å². The van der Waals surface area contributed by atoms with E-state index in [2.05, 4.69) is 37.1 Å². The summed E-state index contributed by atoms with van der Waals surface area (Å²) in [6.07, 6.45) is 25.6. The molecule has 0 unspecified atom stereocenters. The van der Waals surface area contributed by atoms with E-state index in [1.165, 1.54) is 89.0 Å². The van der Waals surface area contributed by atoms with Gasteiger partial charge in [0.2, 0.25) is 0 Å². The Labute approximate surface area is 255 Å². The van der Waals surface area contributed by atoms with Gasteiger partial charge in [-0.25, -0.2) is 4.79 Å². The zero-order valence-corrected chi connectivity index (χ0v) is 26.7. The van der Waals surface area contributed by atoms with Crippen LogP contribution in [0.2, 0.25) is 0 Å². The molecule has 1 fully saturated rings. The summed E-state index contributed by atoms with van der Waals surface area (Å²) in [5.41, 5.74) is 1.25. The van der Waals surface area contributed by atoms with E-state index >= 15 is 0 Å². The molecule has 2 heterocycles. The average molecular weight is 584 g/mol. The highest BCUT2D eigenvalue weighted by molar-refractivity contribution is 5.68. The molecule has 0 saturated carbocycles. The molecular weight excluding hydrogens is 526 g/mol. The summed E-state index contributed by atoms with van der Waals surface area (Å²) in [4.78, 5) is 26.1. The molecule has 6 bridgehead atoms. The highest BCUT2D eigenvalue weighted by atomic mass is 17.2. The molecule has 1 aromatic rings. The lowest BCUT2D eigenvalue weighted by molar-refractivity contribution is -0.305. The molecule has 0 aromatic heterocycles. The van der Waals surface area contributed by atoms with Crippen LogP contribution in [0.4, 0.5) is 0 Å². The summed E-state index contributed by atoms with van der Waals surface area (Å²) in [6, 6.07) is 6.63. The normalized spacial score (nSPS) is 24.8. The van der Waals surface area contributed by atoms with E-state index in [0.717, 1.165) is 43.7 Å². The monoisotopic (exact) mass is 583 g/mol. The van der Waals surface area contributed by atoms with Crippen molar-refractivity contribution in [1.29, 1.82) is 0 Å². The fraction of sp³-hybridized carbons (Fsp3) is 0.750. The molecule has 5 atom stereocenters. The summed E-state index contributed by atoms with van der Waals surface area (Å²) in [7, 11) is 3.89. The van der Waals surface area contributed by atoms with Gasteiger partial charge in [-0.15, -0.1) is 0 Å². The molecule has 2 aliphatic heterocycles. The second-order valence-corrected chi connectivity index (χ2v) is 13.0. The van der Waals surface area contributed by atoms with E-state index in [1.807, 2.05) is 12.1 Å². The number of methoxy groups -OCH3 is 1. The number of ether oxygens (including phenoxy) is 2. The van der Waals surface area contributed by atoms with Crippen molar-refractivity contribution in [3.05, 3.63) is 35.9 Å². The molecule has 236 valence electrons. The Hall–Kier alpha value is -2.05. The highest BCUT2D eigenvalue weighted by Gasteiger charge is 2.47. The van der Waals surface area contributed by atoms with Gasteiger partial charge in [0, 0.05) is 18.4 Å². The van der Waals surface area contributed by atoms with Crippen LogP contribution in [0.3, 0.4) is 0 Å². The van der Waals surface area contributed by atoms with Crippen LogP contribution >= 0.6 is 0 Å². The van der Waals surface area contributed by atoms with Crippen LogP contribution in [0.5, 0.6) is 11.5 Å². The molecule has 1 aliphatic carbocycles. The Morgan fingerprint density at radius 1 is 0.905 bits per heavy atom. The number of unbranched alkanes of at least 4 members (excludes halogenated alkanes) is 14. The molecule has 0 N–H and O–H groups in total. The molecule has 0 spiro atoms. The van der Waals surface area contributed by atoms with Gasteiger partial charge in [-0.05, 0) is 56.5 Å². The zero-order chi connectivity index (χ0) is 29.6. The predicted molar refractivity (Wildman–Crippen MR) is 169 cm³/mol. The van der Waals surface area contributed by atoms with Gasteiger partial charge in [0.1, 0.15) is 6.10 Å². The van der Waals surface area contributed by atoms with Crippen molar-refractivity contribution < 1.29 is 24.0 Å².